The summed E-state index contributed by atoms with van der Waals surface area (Å²) < 4.78 is 1.82. The van der Waals surface area contributed by atoms with Crippen LogP contribution in [0.5, 0.6) is 0 Å². The van der Waals surface area contributed by atoms with E-state index in [0.29, 0.717) is 0 Å². The van der Waals surface area contributed by atoms with Gasteiger partial charge in [0, 0.05) is 18.9 Å². The molecule has 2 rings (SSSR count). The Balaban J connectivity index is 2.24. The first-order valence-electron chi connectivity index (χ1n) is 5.08. The van der Waals surface area contributed by atoms with Crippen molar-refractivity contribution in [2.75, 3.05) is 11.9 Å². The summed E-state index contributed by atoms with van der Waals surface area (Å²) in [5.74, 6) is 0.893. The number of nitrogens with zero attached hydrogens (tertiary/aromatic N) is 3. The van der Waals surface area contributed by atoms with Gasteiger partial charge in [-0.2, -0.15) is 5.10 Å². The highest BCUT2D eigenvalue weighted by atomic mass is 15.2. The summed E-state index contributed by atoms with van der Waals surface area (Å²) in [6.07, 6.45) is 5.38. The van der Waals surface area contributed by atoms with E-state index in [9.17, 15) is 0 Å². The van der Waals surface area contributed by atoms with Crippen LogP contribution in [0.25, 0.3) is 5.52 Å². The van der Waals surface area contributed by atoms with E-state index in [1.165, 1.54) is 0 Å². The summed E-state index contributed by atoms with van der Waals surface area (Å²) >= 11 is 0. The van der Waals surface area contributed by atoms with Gasteiger partial charge in [0.1, 0.15) is 5.52 Å². The Labute approximate surface area is 89.3 Å². The van der Waals surface area contributed by atoms with Gasteiger partial charge in [-0.25, -0.2) is 9.50 Å². The molecule has 0 atom stereocenters. The molecule has 0 spiro atoms. The first kappa shape index (κ1) is 9.96. The van der Waals surface area contributed by atoms with Crippen LogP contribution in [0, 0.1) is 5.41 Å². The van der Waals surface area contributed by atoms with Crippen LogP contribution in [0.4, 0.5) is 5.82 Å². The lowest BCUT2D eigenvalue weighted by molar-refractivity contribution is 0.442. The van der Waals surface area contributed by atoms with Crippen LogP contribution in [0.1, 0.15) is 20.8 Å². The van der Waals surface area contributed by atoms with E-state index in [1.54, 1.807) is 12.4 Å². The monoisotopic (exact) mass is 204 g/mol. The molecular formula is C11H16N4. The fraction of sp³-hybridized carbons (Fsp3) is 0.455. The van der Waals surface area contributed by atoms with Gasteiger partial charge in [0.05, 0.1) is 6.20 Å². The Kier molecular flexibility index (Phi) is 2.34. The predicted molar refractivity (Wildman–Crippen MR) is 60.9 cm³/mol. The Hall–Kier alpha value is -1.58. The fourth-order valence-electron chi connectivity index (χ4n) is 1.34. The lowest BCUT2D eigenvalue weighted by Gasteiger charge is -2.19. The summed E-state index contributed by atoms with van der Waals surface area (Å²) in [5, 5.41) is 7.50. The van der Waals surface area contributed by atoms with E-state index in [-0.39, 0.29) is 5.41 Å². The second-order valence-corrected chi connectivity index (χ2v) is 4.85. The van der Waals surface area contributed by atoms with Gasteiger partial charge in [0.15, 0.2) is 5.82 Å². The molecule has 4 heteroatoms. The van der Waals surface area contributed by atoms with Gasteiger partial charge < -0.3 is 5.32 Å². The normalized spacial score (nSPS) is 11.9. The second-order valence-electron chi connectivity index (χ2n) is 4.85. The molecule has 0 aliphatic rings. The molecule has 0 saturated carbocycles. The minimum atomic E-state index is 0.245. The number of hydrogen-bond donors (Lipinski definition) is 1. The SMILES string of the molecule is CC(C)(C)CNc1nccn2nccc12. The lowest BCUT2D eigenvalue weighted by Crippen LogP contribution is -2.19. The smallest absolute Gasteiger partial charge is 0.152 e. The highest BCUT2D eigenvalue weighted by Gasteiger charge is 2.11. The molecule has 0 saturated heterocycles. The van der Waals surface area contributed by atoms with Gasteiger partial charge in [-0.05, 0) is 11.5 Å². The van der Waals surface area contributed by atoms with Crippen molar-refractivity contribution in [3.05, 3.63) is 24.7 Å². The first-order valence-corrected chi connectivity index (χ1v) is 5.08. The van der Waals surface area contributed by atoms with E-state index in [0.717, 1.165) is 17.9 Å². The van der Waals surface area contributed by atoms with Crippen LogP contribution in [0.2, 0.25) is 0 Å². The lowest BCUT2D eigenvalue weighted by atomic mass is 9.97. The van der Waals surface area contributed by atoms with E-state index in [4.69, 9.17) is 0 Å². The van der Waals surface area contributed by atoms with Crippen molar-refractivity contribution in [3.8, 4) is 0 Å². The number of aromatic nitrogens is 3. The van der Waals surface area contributed by atoms with E-state index in [2.05, 4.69) is 36.2 Å². The van der Waals surface area contributed by atoms with Crippen LogP contribution in [-0.4, -0.2) is 21.1 Å². The molecule has 15 heavy (non-hydrogen) atoms. The minimum Gasteiger partial charge on any atom is -0.368 e. The molecule has 0 aromatic carbocycles. The summed E-state index contributed by atoms with van der Waals surface area (Å²) in [4.78, 5) is 4.31. The average Bonchev–Trinajstić information content (AvgIpc) is 2.61. The quantitative estimate of drug-likeness (QED) is 0.815. The van der Waals surface area contributed by atoms with Gasteiger partial charge >= 0.3 is 0 Å². The van der Waals surface area contributed by atoms with Gasteiger partial charge in [-0.1, -0.05) is 20.8 Å². The summed E-state index contributed by atoms with van der Waals surface area (Å²) in [6, 6.07) is 1.96. The molecule has 2 heterocycles. The highest BCUT2D eigenvalue weighted by molar-refractivity contribution is 5.66. The number of anilines is 1. The van der Waals surface area contributed by atoms with Crippen molar-refractivity contribution in [2.24, 2.45) is 5.41 Å². The molecule has 0 radical (unpaired) electrons. The molecule has 0 bridgehead atoms. The molecule has 1 N–H and O–H groups in total. The van der Waals surface area contributed by atoms with E-state index < -0.39 is 0 Å². The number of hydrogen-bond acceptors (Lipinski definition) is 3. The molecular weight excluding hydrogens is 188 g/mol. The van der Waals surface area contributed by atoms with Crippen molar-refractivity contribution in [1.82, 2.24) is 14.6 Å². The van der Waals surface area contributed by atoms with Crippen molar-refractivity contribution in [3.63, 3.8) is 0 Å². The standard InChI is InChI=1S/C11H16N4/c1-11(2,3)8-13-10-9-4-5-14-15(9)7-6-12-10/h4-7H,8H2,1-3H3,(H,12,13). The third kappa shape index (κ3) is 2.26. The Morgan fingerprint density at radius 1 is 1.33 bits per heavy atom. The van der Waals surface area contributed by atoms with E-state index >= 15 is 0 Å². The molecule has 0 unspecified atom stereocenters. The van der Waals surface area contributed by atoms with Crippen LogP contribution in [-0.2, 0) is 0 Å². The molecule has 80 valence electrons. The molecule has 2 aromatic heterocycles. The molecule has 0 aliphatic heterocycles. The Bertz CT molecular complexity index is 453. The van der Waals surface area contributed by atoms with Crippen LogP contribution < -0.4 is 5.32 Å². The maximum Gasteiger partial charge on any atom is 0.152 e. The zero-order valence-corrected chi connectivity index (χ0v) is 9.36. The fourth-order valence-corrected chi connectivity index (χ4v) is 1.34. The number of nitrogens with one attached hydrogen (secondary N) is 1. The average molecular weight is 204 g/mol. The maximum atomic E-state index is 4.31. The summed E-state index contributed by atoms with van der Waals surface area (Å²) in [7, 11) is 0. The highest BCUT2D eigenvalue weighted by Crippen LogP contribution is 2.17. The first-order chi connectivity index (χ1) is 7.06. The molecule has 0 amide bonds. The Morgan fingerprint density at radius 2 is 2.13 bits per heavy atom. The van der Waals surface area contributed by atoms with Gasteiger partial charge in [-0.15, -0.1) is 0 Å². The zero-order valence-electron chi connectivity index (χ0n) is 9.36. The van der Waals surface area contributed by atoms with Crippen molar-refractivity contribution >= 4 is 11.3 Å². The maximum absolute atomic E-state index is 4.31. The van der Waals surface area contributed by atoms with Crippen LogP contribution >= 0.6 is 0 Å². The predicted octanol–water partition coefficient (Wildman–Crippen LogP) is 2.19. The third-order valence-electron chi connectivity index (χ3n) is 2.11. The van der Waals surface area contributed by atoms with Gasteiger partial charge in [0.2, 0.25) is 0 Å². The molecule has 0 fully saturated rings. The molecule has 0 aliphatic carbocycles. The van der Waals surface area contributed by atoms with Crippen molar-refractivity contribution in [1.29, 1.82) is 0 Å². The Morgan fingerprint density at radius 3 is 2.87 bits per heavy atom. The molecule has 4 nitrogen and oxygen atoms in total. The number of rotatable bonds is 2. The second kappa shape index (κ2) is 3.53. The third-order valence-corrected chi connectivity index (χ3v) is 2.11. The van der Waals surface area contributed by atoms with Crippen LogP contribution in [0.15, 0.2) is 24.7 Å². The summed E-state index contributed by atoms with van der Waals surface area (Å²) in [5.41, 5.74) is 1.26. The van der Waals surface area contributed by atoms with E-state index in [1.807, 2.05) is 16.8 Å². The van der Waals surface area contributed by atoms with Crippen LogP contribution in [0.3, 0.4) is 0 Å². The number of fused-ring (bicyclic) bond motifs is 1. The van der Waals surface area contributed by atoms with Gasteiger partial charge in [0.25, 0.3) is 0 Å². The molecule has 2 aromatic rings. The summed E-state index contributed by atoms with van der Waals surface area (Å²) in [6.45, 7) is 7.47. The van der Waals surface area contributed by atoms with Crippen molar-refractivity contribution < 1.29 is 0 Å². The van der Waals surface area contributed by atoms with Crippen molar-refractivity contribution in [2.45, 2.75) is 20.8 Å². The largest absolute Gasteiger partial charge is 0.368 e. The minimum absolute atomic E-state index is 0.245. The van der Waals surface area contributed by atoms with Gasteiger partial charge in [-0.3, -0.25) is 0 Å². The zero-order chi connectivity index (χ0) is 10.9. The topological polar surface area (TPSA) is 42.2 Å².